The topological polar surface area (TPSA) is 88.3 Å². The lowest BCUT2D eigenvalue weighted by Crippen LogP contribution is -2.34. The minimum Gasteiger partial charge on any atom is -0.395 e. The lowest BCUT2D eigenvalue weighted by atomic mass is 10.0. The monoisotopic (exact) mass is 488 g/mol. The third kappa shape index (κ3) is 6.01. The van der Waals surface area contributed by atoms with Crippen LogP contribution in [-0.4, -0.2) is 44.7 Å². The van der Waals surface area contributed by atoms with Crippen LogP contribution in [0.5, 0.6) is 0 Å². The first-order valence-corrected chi connectivity index (χ1v) is 11.6. The molecule has 2 heterocycles. The van der Waals surface area contributed by atoms with Gasteiger partial charge in [-0.25, -0.2) is 4.68 Å². The van der Waals surface area contributed by atoms with Crippen molar-refractivity contribution in [1.82, 2.24) is 14.8 Å². The summed E-state index contributed by atoms with van der Waals surface area (Å²) >= 11 is 6.26. The molecule has 4 rings (SSSR count). The summed E-state index contributed by atoms with van der Waals surface area (Å²) in [5.74, 6) is -0.221. The number of halogens is 1. The van der Waals surface area contributed by atoms with Gasteiger partial charge in [-0.15, -0.1) is 0 Å². The maximum absolute atomic E-state index is 13.0. The maximum Gasteiger partial charge on any atom is 0.231 e. The first-order valence-electron chi connectivity index (χ1n) is 11.2. The molecule has 2 aromatic heterocycles. The predicted molar refractivity (Wildman–Crippen MR) is 135 cm³/mol. The Morgan fingerprint density at radius 3 is 2.57 bits per heavy atom. The molecule has 1 amide bonds. The van der Waals surface area contributed by atoms with Crippen molar-refractivity contribution < 1.29 is 14.7 Å². The molecule has 1 N–H and O–H groups in total. The van der Waals surface area contributed by atoms with Crippen LogP contribution in [0, 0.1) is 6.92 Å². The average molecular weight is 489 g/mol. The highest BCUT2D eigenvalue weighted by Gasteiger charge is 2.19. The van der Waals surface area contributed by atoms with E-state index in [0.717, 1.165) is 16.9 Å². The van der Waals surface area contributed by atoms with Gasteiger partial charge in [0, 0.05) is 36.6 Å². The molecular weight excluding hydrogens is 464 g/mol. The zero-order valence-electron chi connectivity index (χ0n) is 19.3. The molecule has 0 bridgehead atoms. The van der Waals surface area contributed by atoms with Gasteiger partial charge in [-0.2, -0.15) is 5.10 Å². The van der Waals surface area contributed by atoms with Crippen LogP contribution >= 0.6 is 11.6 Å². The van der Waals surface area contributed by atoms with Crippen molar-refractivity contribution in [2.45, 2.75) is 19.8 Å². The third-order valence-electron chi connectivity index (χ3n) is 5.53. The summed E-state index contributed by atoms with van der Waals surface area (Å²) in [5, 5.41) is 14.3. The number of para-hydroxylation sites is 1. The zero-order chi connectivity index (χ0) is 24.8. The Balaban J connectivity index is 1.48. The normalized spacial score (nSPS) is 10.8. The van der Waals surface area contributed by atoms with E-state index in [0.29, 0.717) is 21.8 Å². The molecule has 0 aliphatic carbocycles. The number of amides is 1. The Morgan fingerprint density at radius 2 is 1.83 bits per heavy atom. The van der Waals surface area contributed by atoms with Crippen LogP contribution in [0.15, 0.2) is 79.3 Å². The number of rotatable bonds is 9. The number of nitrogens with zero attached hydrogens (tertiary/aromatic N) is 4. The van der Waals surface area contributed by atoms with Crippen molar-refractivity contribution in [1.29, 1.82) is 0 Å². The number of aromatic nitrogens is 3. The molecule has 7 nitrogen and oxygen atoms in total. The fraction of sp³-hybridized carbons (Fsp3) is 0.185. The second-order valence-electron chi connectivity index (χ2n) is 8.15. The van der Waals surface area contributed by atoms with E-state index >= 15 is 0 Å². The number of aryl methyl sites for hydroxylation is 1. The number of Topliss-reactive ketones (excluding diaryl/α,β-unsaturated/α-hetero) is 1. The lowest BCUT2D eigenvalue weighted by molar-refractivity contribution is -0.118. The summed E-state index contributed by atoms with van der Waals surface area (Å²) in [6, 6.07) is 18.0. The number of anilines is 1. The third-order valence-corrected chi connectivity index (χ3v) is 5.85. The van der Waals surface area contributed by atoms with E-state index in [9.17, 15) is 14.7 Å². The molecule has 0 saturated heterocycles. The van der Waals surface area contributed by atoms with E-state index < -0.39 is 0 Å². The zero-order valence-corrected chi connectivity index (χ0v) is 20.0. The number of carbonyl (C=O) groups is 2. The summed E-state index contributed by atoms with van der Waals surface area (Å²) in [7, 11) is 0. The second kappa shape index (κ2) is 11.1. The number of hydrogen-bond donors (Lipinski definition) is 1. The van der Waals surface area contributed by atoms with Crippen LogP contribution in [0.25, 0.3) is 5.69 Å². The Morgan fingerprint density at radius 1 is 1.00 bits per heavy atom. The van der Waals surface area contributed by atoms with E-state index in [1.54, 1.807) is 59.7 Å². The molecule has 0 saturated carbocycles. The molecule has 0 fully saturated rings. The van der Waals surface area contributed by atoms with Crippen molar-refractivity contribution in [3.8, 4) is 5.69 Å². The number of ketones is 1. The van der Waals surface area contributed by atoms with Crippen molar-refractivity contribution in [2.24, 2.45) is 0 Å². The van der Waals surface area contributed by atoms with Gasteiger partial charge >= 0.3 is 0 Å². The van der Waals surface area contributed by atoms with Crippen molar-refractivity contribution in [2.75, 3.05) is 18.1 Å². The predicted octanol–water partition coefficient (Wildman–Crippen LogP) is 4.22. The fourth-order valence-corrected chi connectivity index (χ4v) is 3.96. The number of pyridine rings is 1. The van der Waals surface area contributed by atoms with Gasteiger partial charge in [0.15, 0.2) is 5.78 Å². The molecule has 0 radical (unpaired) electrons. The Kier molecular flexibility index (Phi) is 7.70. The molecule has 8 heteroatoms. The largest absolute Gasteiger partial charge is 0.395 e. The first-order chi connectivity index (χ1) is 16.9. The van der Waals surface area contributed by atoms with Gasteiger partial charge in [0.25, 0.3) is 0 Å². The highest BCUT2D eigenvalue weighted by atomic mass is 35.5. The molecule has 0 aliphatic heterocycles. The highest BCUT2D eigenvalue weighted by molar-refractivity contribution is 6.33. The van der Waals surface area contributed by atoms with Gasteiger partial charge < -0.3 is 10.0 Å². The van der Waals surface area contributed by atoms with E-state index in [4.69, 9.17) is 11.6 Å². The summed E-state index contributed by atoms with van der Waals surface area (Å²) in [6.45, 7) is 1.86. The van der Waals surface area contributed by atoms with Crippen molar-refractivity contribution in [3.05, 3.63) is 107 Å². The number of carbonyl (C=O) groups excluding carboxylic acids is 2. The average Bonchev–Trinajstić information content (AvgIpc) is 3.33. The van der Waals surface area contributed by atoms with E-state index in [-0.39, 0.29) is 37.7 Å². The fourth-order valence-electron chi connectivity index (χ4n) is 3.73. The van der Waals surface area contributed by atoms with Gasteiger partial charge in [0.1, 0.15) is 0 Å². The molecule has 0 unspecified atom stereocenters. The van der Waals surface area contributed by atoms with Crippen LogP contribution in [0.3, 0.4) is 0 Å². The maximum atomic E-state index is 13.0. The SMILES string of the molecule is Cc1ccc(CC(=O)c2cccc(-n3cc(CC(=O)N(CCO)c4ccccc4Cl)cn3)c2)cn1. The van der Waals surface area contributed by atoms with Gasteiger partial charge in [-0.1, -0.05) is 41.9 Å². The summed E-state index contributed by atoms with van der Waals surface area (Å²) in [5.41, 5.74) is 4.31. The lowest BCUT2D eigenvalue weighted by Gasteiger charge is -2.22. The molecule has 4 aromatic rings. The van der Waals surface area contributed by atoms with Crippen molar-refractivity contribution in [3.63, 3.8) is 0 Å². The molecule has 0 atom stereocenters. The van der Waals surface area contributed by atoms with Gasteiger partial charge in [0.05, 0.1) is 35.6 Å². The van der Waals surface area contributed by atoms with Crippen LogP contribution in [-0.2, 0) is 17.6 Å². The Labute approximate surface area is 208 Å². The molecule has 178 valence electrons. The standard InChI is InChI=1S/C27H25ClN4O3/c1-19-9-10-20(16-29-19)13-26(34)22-5-4-6-23(15-22)32-18-21(17-30-32)14-27(35)31(11-12-33)25-8-3-2-7-24(25)28/h2-10,15-18,33H,11-14H2,1H3. The van der Waals surface area contributed by atoms with Gasteiger partial charge in [-0.3, -0.25) is 14.6 Å². The summed E-state index contributed by atoms with van der Waals surface area (Å²) in [4.78, 5) is 31.5. The van der Waals surface area contributed by atoms with E-state index in [2.05, 4.69) is 10.1 Å². The molecule has 0 aliphatic rings. The van der Waals surface area contributed by atoms with Crippen LogP contribution < -0.4 is 4.90 Å². The number of hydrogen-bond acceptors (Lipinski definition) is 5. The smallest absolute Gasteiger partial charge is 0.231 e. The number of aliphatic hydroxyl groups is 1. The van der Waals surface area contributed by atoms with Crippen LogP contribution in [0.4, 0.5) is 5.69 Å². The molecule has 2 aromatic carbocycles. The molecule has 0 spiro atoms. The minimum absolute atomic E-state index is 0.0144. The second-order valence-corrected chi connectivity index (χ2v) is 8.56. The van der Waals surface area contributed by atoms with Crippen LogP contribution in [0.1, 0.15) is 27.2 Å². The molecular formula is C27H25ClN4O3. The highest BCUT2D eigenvalue weighted by Crippen LogP contribution is 2.26. The number of aliphatic hydroxyl groups excluding tert-OH is 1. The Bertz CT molecular complexity index is 1330. The Hall–Kier alpha value is -3.81. The summed E-state index contributed by atoms with van der Waals surface area (Å²) in [6.07, 6.45) is 5.45. The van der Waals surface area contributed by atoms with Gasteiger partial charge in [-0.05, 0) is 48.4 Å². The van der Waals surface area contributed by atoms with Crippen molar-refractivity contribution >= 4 is 29.0 Å². The summed E-state index contributed by atoms with van der Waals surface area (Å²) < 4.78 is 1.64. The minimum atomic E-state index is -0.206. The number of benzene rings is 2. The molecule has 35 heavy (non-hydrogen) atoms. The van der Waals surface area contributed by atoms with Crippen LogP contribution in [0.2, 0.25) is 5.02 Å². The quantitative estimate of drug-likeness (QED) is 0.356. The first kappa shape index (κ1) is 24.3. The van der Waals surface area contributed by atoms with Gasteiger partial charge in [0.2, 0.25) is 5.91 Å². The van der Waals surface area contributed by atoms with E-state index in [1.165, 1.54) is 4.90 Å². The van der Waals surface area contributed by atoms with E-state index in [1.807, 2.05) is 31.2 Å².